The summed E-state index contributed by atoms with van der Waals surface area (Å²) in [4.78, 5) is 18.4. The first-order chi connectivity index (χ1) is 9.66. The maximum Gasteiger partial charge on any atom is 0.241 e. The molecule has 0 aliphatic carbocycles. The van der Waals surface area contributed by atoms with Gasteiger partial charge in [0.25, 0.3) is 0 Å². The van der Waals surface area contributed by atoms with Gasteiger partial charge in [0.05, 0.1) is 5.25 Å². The second-order valence-corrected chi connectivity index (χ2v) is 6.46. The zero-order valence-electron chi connectivity index (χ0n) is 10.9. The van der Waals surface area contributed by atoms with Gasteiger partial charge in [0.2, 0.25) is 5.91 Å². The van der Waals surface area contributed by atoms with E-state index in [4.69, 9.17) is 11.6 Å². The molecular weight excluding hydrogens is 292 g/mol. The Morgan fingerprint density at radius 3 is 2.65 bits per heavy atom. The molecule has 20 heavy (non-hydrogen) atoms. The number of thioether (sulfide) groups is 1. The van der Waals surface area contributed by atoms with Gasteiger partial charge in [-0.3, -0.25) is 14.7 Å². The molecule has 1 aromatic heterocycles. The molecule has 1 saturated heterocycles. The average Bonchev–Trinajstić information content (AvgIpc) is 2.77. The Kier molecular flexibility index (Phi) is 3.68. The summed E-state index contributed by atoms with van der Waals surface area (Å²) in [6.45, 7) is 1.94. The highest BCUT2D eigenvalue weighted by Crippen LogP contribution is 2.45. The Bertz CT molecular complexity index is 618. The Morgan fingerprint density at radius 2 is 2.00 bits per heavy atom. The number of hydrogen-bond donors (Lipinski definition) is 0. The summed E-state index contributed by atoms with van der Waals surface area (Å²) < 4.78 is 0. The standard InChI is InChI=1S/C15H13ClN2OS/c1-10-14(19)18(13-6-4-12(16)5-7-13)15(20-10)11-3-2-8-17-9-11/h2-10,15H,1H3/t10-,15+/m0/s1. The molecule has 2 atom stereocenters. The summed E-state index contributed by atoms with van der Waals surface area (Å²) in [5.41, 5.74) is 1.90. The van der Waals surface area contributed by atoms with E-state index in [9.17, 15) is 4.79 Å². The summed E-state index contributed by atoms with van der Waals surface area (Å²) in [5.74, 6) is 0.117. The smallest absolute Gasteiger partial charge is 0.241 e. The molecule has 0 saturated carbocycles. The van der Waals surface area contributed by atoms with Crippen LogP contribution in [0.1, 0.15) is 17.9 Å². The predicted octanol–water partition coefficient (Wildman–Crippen LogP) is 3.90. The van der Waals surface area contributed by atoms with Gasteiger partial charge in [-0.2, -0.15) is 0 Å². The van der Waals surface area contributed by atoms with Crippen molar-refractivity contribution in [2.24, 2.45) is 0 Å². The summed E-state index contributed by atoms with van der Waals surface area (Å²) in [6, 6.07) is 11.3. The zero-order valence-corrected chi connectivity index (χ0v) is 12.4. The van der Waals surface area contributed by atoms with Gasteiger partial charge < -0.3 is 0 Å². The topological polar surface area (TPSA) is 33.2 Å². The highest BCUT2D eigenvalue weighted by molar-refractivity contribution is 8.01. The fourth-order valence-corrected chi connectivity index (χ4v) is 3.62. The third-order valence-electron chi connectivity index (χ3n) is 3.23. The molecule has 1 amide bonds. The minimum atomic E-state index is -0.0594. The first-order valence-electron chi connectivity index (χ1n) is 6.31. The lowest BCUT2D eigenvalue weighted by molar-refractivity contribution is -0.117. The Morgan fingerprint density at radius 1 is 1.25 bits per heavy atom. The van der Waals surface area contributed by atoms with Gasteiger partial charge in [0.15, 0.2) is 0 Å². The van der Waals surface area contributed by atoms with Gasteiger partial charge in [-0.1, -0.05) is 17.7 Å². The Balaban J connectivity index is 2.01. The molecule has 102 valence electrons. The number of amides is 1. The molecule has 0 bridgehead atoms. The third kappa shape index (κ3) is 2.41. The number of hydrogen-bond acceptors (Lipinski definition) is 3. The summed E-state index contributed by atoms with van der Waals surface area (Å²) in [5, 5.41) is 0.572. The summed E-state index contributed by atoms with van der Waals surface area (Å²) in [6.07, 6.45) is 3.55. The first kappa shape index (κ1) is 13.5. The highest BCUT2D eigenvalue weighted by atomic mass is 35.5. The Hall–Kier alpha value is -1.52. The number of benzene rings is 1. The lowest BCUT2D eigenvalue weighted by atomic mass is 10.2. The molecule has 5 heteroatoms. The van der Waals surface area contributed by atoms with Crippen molar-refractivity contribution in [2.75, 3.05) is 4.90 Å². The largest absolute Gasteiger partial charge is 0.295 e. The maximum absolute atomic E-state index is 12.4. The second-order valence-electron chi connectivity index (χ2n) is 4.60. The quantitative estimate of drug-likeness (QED) is 0.843. The molecule has 1 aliphatic rings. The van der Waals surface area contributed by atoms with E-state index < -0.39 is 0 Å². The van der Waals surface area contributed by atoms with Crippen molar-refractivity contribution in [1.29, 1.82) is 0 Å². The first-order valence-corrected chi connectivity index (χ1v) is 7.63. The van der Waals surface area contributed by atoms with Crippen LogP contribution in [0.25, 0.3) is 0 Å². The number of halogens is 1. The number of anilines is 1. The van der Waals surface area contributed by atoms with Crippen LogP contribution >= 0.6 is 23.4 Å². The molecule has 2 heterocycles. The van der Waals surface area contributed by atoms with Crippen LogP contribution in [-0.2, 0) is 4.79 Å². The molecule has 0 unspecified atom stereocenters. The van der Waals surface area contributed by atoms with E-state index in [1.165, 1.54) is 0 Å². The minimum absolute atomic E-state index is 0.0348. The van der Waals surface area contributed by atoms with Gasteiger partial charge in [0, 0.05) is 28.7 Å². The molecule has 3 rings (SSSR count). The molecule has 1 aliphatic heterocycles. The second kappa shape index (κ2) is 5.46. The molecule has 0 N–H and O–H groups in total. The normalized spacial score (nSPS) is 22.3. The van der Waals surface area contributed by atoms with Gasteiger partial charge in [-0.05, 0) is 37.3 Å². The minimum Gasteiger partial charge on any atom is -0.295 e. The van der Waals surface area contributed by atoms with Crippen LogP contribution in [0.3, 0.4) is 0 Å². The Labute approximate surface area is 127 Å². The van der Waals surface area contributed by atoms with Crippen molar-refractivity contribution in [3.63, 3.8) is 0 Å². The van der Waals surface area contributed by atoms with Crippen molar-refractivity contribution >= 4 is 35.0 Å². The number of carbonyl (C=O) groups is 1. The van der Waals surface area contributed by atoms with E-state index in [1.54, 1.807) is 30.1 Å². The van der Waals surface area contributed by atoms with Crippen molar-refractivity contribution in [1.82, 2.24) is 4.98 Å². The van der Waals surface area contributed by atoms with Crippen LogP contribution in [0, 0.1) is 0 Å². The SMILES string of the molecule is C[C@@H]1S[C@H](c2cccnc2)N(c2ccc(Cl)cc2)C1=O. The van der Waals surface area contributed by atoms with E-state index in [1.807, 2.05) is 42.3 Å². The van der Waals surface area contributed by atoms with Crippen molar-refractivity contribution in [3.8, 4) is 0 Å². The number of pyridine rings is 1. The fourth-order valence-electron chi connectivity index (χ4n) is 2.24. The van der Waals surface area contributed by atoms with Crippen LogP contribution in [0.2, 0.25) is 5.02 Å². The number of aromatic nitrogens is 1. The highest BCUT2D eigenvalue weighted by Gasteiger charge is 2.39. The lowest BCUT2D eigenvalue weighted by Gasteiger charge is -2.24. The maximum atomic E-state index is 12.4. The van der Waals surface area contributed by atoms with E-state index in [-0.39, 0.29) is 16.5 Å². The van der Waals surface area contributed by atoms with Crippen molar-refractivity contribution < 1.29 is 4.79 Å². The van der Waals surface area contributed by atoms with Crippen LogP contribution in [0.4, 0.5) is 5.69 Å². The van der Waals surface area contributed by atoms with Gasteiger partial charge in [-0.15, -0.1) is 11.8 Å². The summed E-state index contributed by atoms with van der Waals surface area (Å²) in [7, 11) is 0. The molecule has 1 aromatic carbocycles. The van der Waals surface area contributed by atoms with Crippen molar-refractivity contribution in [2.45, 2.75) is 17.5 Å². The molecule has 1 fully saturated rings. The average molecular weight is 305 g/mol. The van der Waals surface area contributed by atoms with Gasteiger partial charge in [0.1, 0.15) is 5.37 Å². The van der Waals surface area contributed by atoms with Crippen LogP contribution in [0.15, 0.2) is 48.8 Å². The monoisotopic (exact) mass is 304 g/mol. The van der Waals surface area contributed by atoms with Crippen molar-refractivity contribution in [3.05, 3.63) is 59.4 Å². The van der Waals surface area contributed by atoms with E-state index in [0.717, 1.165) is 11.3 Å². The molecule has 0 spiro atoms. The van der Waals surface area contributed by atoms with E-state index in [2.05, 4.69) is 4.98 Å². The van der Waals surface area contributed by atoms with Gasteiger partial charge >= 0.3 is 0 Å². The summed E-state index contributed by atoms with van der Waals surface area (Å²) >= 11 is 7.56. The van der Waals surface area contributed by atoms with Crippen LogP contribution in [-0.4, -0.2) is 16.1 Å². The number of carbonyl (C=O) groups excluding carboxylic acids is 1. The zero-order chi connectivity index (χ0) is 14.1. The fraction of sp³-hybridized carbons (Fsp3) is 0.200. The van der Waals surface area contributed by atoms with E-state index >= 15 is 0 Å². The predicted molar refractivity (Wildman–Crippen MR) is 83.0 cm³/mol. The molecular formula is C15H13ClN2OS. The molecule has 2 aromatic rings. The van der Waals surface area contributed by atoms with E-state index in [0.29, 0.717) is 5.02 Å². The number of rotatable bonds is 2. The van der Waals surface area contributed by atoms with Crippen LogP contribution in [0.5, 0.6) is 0 Å². The molecule has 3 nitrogen and oxygen atoms in total. The van der Waals surface area contributed by atoms with Crippen LogP contribution < -0.4 is 4.90 Å². The third-order valence-corrected chi connectivity index (χ3v) is 4.83. The molecule has 0 radical (unpaired) electrons. The van der Waals surface area contributed by atoms with Gasteiger partial charge in [-0.25, -0.2) is 0 Å². The lowest BCUT2D eigenvalue weighted by Crippen LogP contribution is -2.30. The number of nitrogens with zero attached hydrogens (tertiary/aromatic N) is 2.